The van der Waals surface area contributed by atoms with Crippen molar-refractivity contribution in [1.29, 1.82) is 0 Å². The minimum Gasteiger partial charge on any atom is -0.356 e. The molecule has 0 radical (unpaired) electrons. The number of benzene rings is 1. The van der Waals surface area contributed by atoms with Crippen molar-refractivity contribution in [1.82, 2.24) is 20.4 Å². The van der Waals surface area contributed by atoms with E-state index in [0.29, 0.717) is 17.8 Å². The summed E-state index contributed by atoms with van der Waals surface area (Å²) in [6.07, 6.45) is -3.47. The molecule has 27 heavy (non-hydrogen) atoms. The Morgan fingerprint density at radius 2 is 1.96 bits per heavy atom. The predicted molar refractivity (Wildman–Crippen MR) is 89.2 cm³/mol. The van der Waals surface area contributed by atoms with Gasteiger partial charge in [-0.3, -0.25) is 9.69 Å². The first-order valence-electron chi connectivity index (χ1n) is 8.33. The maximum Gasteiger partial charge on any atom is 0.401 e. The predicted octanol–water partition coefficient (Wildman–Crippen LogP) is 2.81. The number of carbonyl (C=O) groups excluding carboxylic acids is 1. The summed E-state index contributed by atoms with van der Waals surface area (Å²) in [5, 5.41) is 6.42. The molecule has 1 N–H and O–H groups in total. The van der Waals surface area contributed by atoms with E-state index in [-0.39, 0.29) is 43.5 Å². The summed E-state index contributed by atoms with van der Waals surface area (Å²) in [6.45, 7) is -0.468. The number of alkyl halides is 3. The summed E-state index contributed by atoms with van der Waals surface area (Å²) in [7, 11) is 1.38. The number of aromatic nitrogens is 2. The highest BCUT2D eigenvalue weighted by Gasteiger charge is 2.28. The Bertz CT molecular complexity index is 731. The molecule has 2 aromatic rings. The standard InChI is InChI=1S/C17H20F4N4O2/c1-25(11-17(19,20)21)10-2-9-22-14(26)7-8-15-23-16(24-27-15)12-3-5-13(18)6-4-12/h3-6H,2,7-11H2,1H3,(H,22,26). The molecule has 10 heteroatoms. The number of carbonyl (C=O) groups is 1. The van der Waals surface area contributed by atoms with Crippen molar-refractivity contribution in [3.8, 4) is 11.4 Å². The van der Waals surface area contributed by atoms with Crippen LogP contribution in [0.1, 0.15) is 18.7 Å². The van der Waals surface area contributed by atoms with Crippen LogP contribution in [0.15, 0.2) is 28.8 Å². The summed E-state index contributed by atoms with van der Waals surface area (Å²) in [4.78, 5) is 17.1. The number of nitrogens with one attached hydrogen (secondary N) is 1. The lowest BCUT2D eigenvalue weighted by Gasteiger charge is -2.18. The molecule has 1 heterocycles. The Labute approximate surface area is 153 Å². The van der Waals surface area contributed by atoms with E-state index in [4.69, 9.17) is 4.52 Å². The van der Waals surface area contributed by atoms with Gasteiger partial charge in [-0.25, -0.2) is 4.39 Å². The van der Waals surface area contributed by atoms with Crippen molar-refractivity contribution in [2.45, 2.75) is 25.4 Å². The Kier molecular flexibility index (Phi) is 7.28. The fourth-order valence-corrected chi connectivity index (χ4v) is 2.34. The first-order valence-corrected chi connectivity index (χ1v) is 8.33. The van der Waals surface area contributed by atoms with Crippen LogP contribution in [0, 0.1) is 5.82 Å². The Morgan fingerprint density at radius 1 is 1.26 bits per heavy atom. The van der Waals surface area contributed by atoms with Gasteiger partial charge in [0, 0.05) is 24.9 Å². The Morgan fingerprint density at radius 3 is 2.63 bits per heavy atom. The Balaban J connectivity index is 1.67. The number of halogens is 4. The van der Waals surface area contributed by atoms with Crippen LogP contribution < -0.4 is 5.32 Å². The molecular weight excluding hydrogens is 368 g/mol. The van der Waals surface area contributed by atoms with Crippen LogP contribution >= 0.6 is 0 Å². The van der Waals surface area contributed by atoms with Crippen LogP contribution in [-0.2, 0) is 11.2 Å². The lowest BCUT2D eigenvalue weighted by Crippen LogP contribution is -2.33. The summed E-state index contributed by atoms with van der Waals surface area (Å²) in [5.41, 5.74) is 0.596. The first kappa shape index (κ1) is 20.8. The number of amides is 1. The van der Waals surface area contributed by atoms with Gasteiger partial charge in [0.05, 0.1) is 6.54 Å². The molecule has 0 bridgehead atoms. The van der Waals surface area contributed by atoms with Gasteiger partial charge in [0.2, 0.25) is 17.6 Å². The van der Waals surface area contributed by atoms with Gasteiger partial charge in [0.15, 0.2) is 0 Å². The van der Waals surface area contributed by atoms with Crippen LogP contribution in [0.25, 0.3) is 11.4 Å². The highest BCUT2D eigenvalue weighted by molar-refractivity contribution is 5.75. The van der Waals surface area contributed by atoms with Gasteiger partial charge in [0.1, 0.15) is 5.82 Å². The van der Waals surface area contributed by atoms with Gasteiger partial charge in [-0.05, 0) is 44.3 Å². The highest BCUT2D eigenvalue weighted by Crippen LogP contribution is 2.17. The van der Waals surface area contributed by atoms with Crippen LogP contribution in [0.5, 0.6) is 0 Å². The molecule has 6 nitrogen and oxygen atoms in total. The number of hydrogen-bond acceptors (Lipinski definition) is 5. The van der Waals surface area contributed by atoms with Gasteiger partial charge in [-0.2, -0.15) is 18.2 Å². The quantitative estimate of drug-likeness (QED) is 0.528. The third-order valence-electron chi connectivity index (χ3n) is 3.62. The van der Waals surface area contributed by atoms with E-state index in [2.05, 4.69) is 15.5 Å². The minimum absolute atomic E-state index is 0.115. The lowest BCUT2D eigenvalue weighted by atomic mass is 10.2. The normalized spacial score (nSPS) is 11.8. The molecule has 0 aliphatic heterocycles. The van der Waals surface area contributed by atoms with Crippen molar-refractivity contribution >= 4 is 5.91 Å². The SMILES string of the molecule is CN(CCCNC(=O)CCc1nc(-c2ccc(F)cc2)no1)CC(F)(F)F. The summed E-state index contributed by atoms with van der Waals surface area (Å²) >= 11 is 0. The largest absolute Gasteiger partial charge is 0.401 e. The zero-order chi connectivity index (χ0) is 19.9. The van der Waals surface area contributed by atoms with Crippen molar-refractivity contribution in [3.63, 3.8) is 0 Å². The second kappa shape index (κ2) is 9.45. The van der Waals surface area contributed by atoms with E-state index in [1.54, 1.807) is 0 Å². The zero-order valence-electron chi connectivity index (χ0n) is 14.7. The van der Waals surface area contributed by atoms with Gasteiger partial charge >= 0.3 is 6.18 Å². The molecule has 0 fully saturated rings. The van der Waals surface area contributed by atoms with E-state index in [1.165, 1.54) is 31.3 Å². The average Bonchev–Trinajstić information content (AvgIpc) is 3.05. The maximum atomic E-state index is 12.9. The number of rotatable bonds is 9. The molecule has 0 aliphatic carbocycles. The monoisotopic (exact) mass is 388 g/mol. The molecule has 0 aliphatic rings. The number of nitrogens with zero attached hydrogens (tertiary/aromatic N) is 3. The van der Waals surface area contributed by atoms with Crippen LogP contribution in [0.3, 0.4) is 0 Å². The Hall–Kier alpha value is -2.49. The van der Waals surface area contributed by atoms with E-state index < -0.39 is 12.7 Å². The summed E-state index contributed by atoms with van der Waals surface area (Å²) in [5.74, 6) is -0.0498. The number of hydrogen-bond donors (Lipinski definition) is 1. The molecule has 0 saturated carbocycles. The molecular formula is C17H20F4N4O2. The smallest absolute Gasteiger partial charge is 0.356 e. The fourth-order valence-electron chi connectivity index (χ4n) is 2.34. The highest BCUT2D eigenvalue weighted by atomic mass is 19.4. The maximum absolute atomic E-state index is 12.9. The van der Waals surface area contributed by atoms with Gasteiger partial charge < -0.3 is 9.84 Å². The molecule has 0 atom stereocenters. The van der Waals surface area contributed by atoms with Crippen LogP contribution in [0.2, 0.25) is 0 Å². The molecule has 1 aromatic carbocycles. The molecule has 148 valence electrons. The van der Waals surface area contributed by atoms with Crippen LogP contribution in [-0.4, -0.2) is 53.8 Å². The zero-order valence-corrected chi connectivity index (χ0v) is 14.7. The molecule has 1 aromatic heterocycles. The number of aryl methyl sites for hydroxylation is 1. The van der Waals surface area contributed by atoms with Crippen molar-refractivity contribution < 1.29 is 26.9 Å². The second-order valence-electron chi connectivity index (χ2n) is 6.08. The van der Waals surface area contributed by atoms with Crippen LogP contribution in [0.4, 0.5) is 17.6 Å². The van der Waals surface area contributed by atoms with E-state index in [9.17, 15) is 22.4 Å². The third-order valence-corrected chi connectivity index (χ3v) is 3.62. The van der Waals surface area contributed by atoms with Crippen molar-refractivity contribution in [2.75, 3.05) is 26.7 Å². The average molecular weight is 388 g/mol. The third kappa shape index (κ3) is 7.73. The van der Waals surface area contributed by atoms with Crippen molar-refractivity contribution in [3.05, 3.63) is 36.0 Å². The summed E-state index contributed by atoms with van der Waals surface area (Å²) < 4.78 is 54.5. The molecule has 0 saturated heterocycles. The molecule has 1 amide bonds. The molecule has 2 rings (SSSR count). The van der Waals surface area contributed by atoms with E-state index in [0.717, 1.165) is 4.90 Å². The van der Waals surface area contributed by atoms with Gasteiger partial charge in [0.25, 0.3) is 0 Å². The van der Waals surface area contributed by atoms with Crippen molar-refractivity contribution in [2.24, 2.45) is 0 Å². The second-order valence-corrected chi connectivity index (χ2v) is 6.08. The summed E-state index contributed by atoms with van der Waals surface area (Å²) in [6, 6.07) is 5.61. The minimum atomic E-state index is -4.23. The lowest BCUT2D eigenvalue weighted by molar-refractivity contribution is -0.143. The topological polar surface area (TPSA) is 71.3 Å². The molecule has 0 spiro atoms. The van der Waals surface area contributed by atoms with E-state index >= 15 is 0 Å². The fraction of sp³-hybridized carbons (Fsp3) is 0.471. The van der Waals surface area contributed by atoms with Gasteiger partial charge in [-0.1, -0.05) is 5.16 Å². The van der Waals surface area contributed by atoms with E-state index in [1.807, 2.05) is 0 Å². The molecule has 0 unspecified atom stereocenters. The van der Waals surface area contributed by atoms with Gasteiger partial charge in [-0.15, -0.1) is 0 Å². The first-order chi connectivity index (χ1) is 12.7.